The van der Waals surface area contributed by atoms with Crippen LogP contribution < -0.4 is 0 Å². The Hall–Kier alpha value is -0.570. The smallest absolute Gasteiger partial charge is 0.225 e. The van der Waals surface area contributed by atoms with Crippen LogP contribution in [0.5, 0.6) is 0 Å². The molecule has 2 rings (SSSR count). The Kier molecular flexibility index (Phi) is 1.83. The number of nitrogens with zero attached hydrogens (tertiary/aromatic N) is 3. The van der Waals surface area contributed by atoms with Crippen LogP contribution in [0.1, 0.15) is 31.6 Å². The molecule has 1 aromatic rings. The Balaban J connectivity index is 2.23. The number of aromatic nitrogens is 3. The molecule has 0 bridgehead atoms. The van der Waals surface area contributed by atoms with E-state index in [1.165, 1.54) is 12.8 Å². The Morgan fingerprint density at radius 3 is 2.75 bits per heavy atom. The lowest BCUT2D eigenvalue weighted by Gasteiger charge is -2.02. The van der Waals surface area contributed by atoms with Crippen LogP contribution in [-0.4, -0.2) is 14.8 Å². The molecule has 1 aromatic heterocycles. The highest BCUT2D eigenvalue weighted by Gasteiger charge is 2.39. The second-order valence-corrected chi connectivity index (χ2v) is 3.70. The van der Waals surface area contributed by atoms with Crippen molar-refractivity contribution in [2.75, 3.05) is 0 Å². The van der Waals surface area contributed by atoms with E-state index < -0.39 is 0 Å². The summed E-state index contributed by atoms with van der Waals surface area (Å²) >= 11 is 5.89. The summed E-state index contributed by atoms with van der Waals surface area (Å²) in [7, 11) is 0. The molecule has 1 aliphatic carbocycles. The molecular formula is C8H12ClN3. The highest BCUT2D eigenvalue weighted by atomic mass is 35.5. The molecule has 2 unspecified atom stereocenters. The fourth-order valence-electron chi connectivity index (χ4n) is 1.71. The molecule has 0 radical (unpaired) electrons. The van der Waals surface area contributed by atoms with Gasteiger partial charge in [0.05, 0.1) is 0 Å². The van der Waals surface area contributed by atoms with Crippen molar-refractivity contribution in [3.63, 3.8) is 0 Å². The molecule has 0 amide bonds. The fraction of sp³-hybridized carbons (Fsp3) is 0.750. The van der Waals surface area contributed by atoms with Gasteiger partial charge in [-0.15, -0.1) is 10.2 Å². The van der Waals surface area contributed by atoms with Gasteiger partial charge in [0.25, 0.3) is 0 Å². The average molecular weight is 186 g/mol. The van der Waals surface area contributed by atoms with Gasteiger partial charge >= 0.3 is 0 Å². The molecule has 3 nitrogen and oxygen atoms in total. The van der Waals surface area contributed by atoms with Gasteiger partial charge in [-0.1, -0.05) is 13.3 Å². The molecule has 0 saturated heterocycles. The predicted octanol–water partition coefficient (Wildman–Crippen LogP) is 2.21. The molecule has 1 aliphatic rings. The zero-order valence-corrected chi connectivity index (χ0v) is 8.04. The van der Waals surface area contributed by atoms with Gasteiger partial charge in [0, 0.05) is 6.04 Å². The Bertz CT molecular complexity index is 275. The zero-order valence-electron chi connectivity index (χ0n) is 7.29. The minimum absolute atomic E-state index is 0.536. The first-order valence-corrected chi connectivity index (χ1v) is 4.68. The maximum absolute atomic E-state index is 5.89. The molecule has 1 saturated carbocycles. The van der Waals surface area contributed by atoms with E-state index in [9.17, 15) is 0 Å². The first-order chi connectivity index (χ1) is 5.74. The van der Waals surface area contributed by atoms with Gasteiger partial charge < -0.3 is 0 Å². The second-order valence-electron chi connectivity index (χ2n) is 3.36. The van der Waals surface area contributed by atoms with Crippen molar-refractivity contribution in [2.45, 2.75) is 32.7 Å². The van der Waals surface area contributed by atoms with Gasteiger partial charge in [0.2, 0.25) is 5.28 Å². The summed E-state index contributed by atoms with van der Waals surface area (Å²) in [6.45, 7) is 4.15. The predicted molar refractivity (Wildman–Crippen MR) is 47.2 cm³/mol. The van der Waals surface area contributed by atoms with Crippen LogP contribution in [-0.2, 0) is 0 Å². The third-order valence-corrected chi connectivity index (χ3v) is 2.82. The summed E-state index contributed by atoms with van der Waals surface area (Å²) < 4.78 is 2.04. The monoisotopic (exact) mass is 185 g/mol. The summed E-state index contributed by atoms with van der Waals surface area (Å²) in [4.78, 5) is 0. The van der Waals surface area contributed by atoms with E-state index in [0.717, 1.165) is 11.7 Å². The first-order valence-electron chi connectivity index (χ1n) is 4.31. The number of rotatable bonds is 2. The lowest BCUT2D eigenvalue weighted by Crippen LogP contribution is -1.98. The highest BCUT2D eigenvalue weighted by molar-refractivity contribution is 6.28. The van der Waals surface area contributed by atoms with E-state index >= 15 is 0 Å². The molecule has 0 N–H and O–H groups in total. The number of halogens is 1. The van der Waals surface area contributed by atoms with E-state index in [1.807, 2.05) is 11.5 Å². The van der Waals surface area contributed by atoms with Crippen LogP contribution in [0.25, 0.3) is 0 Å². The summed E-state index contributed by atoms with van der Waals surface area (Å²) in [5.74, 6) is 1.72. The highest BCUT2D eigenvalue weighted by Crippen LogP contribution is 2.46. The third kappa shape index (κ3) is 1.12. The van der Waals surface area contributed by atoms with Gasteiger partial charge in [0.15, 0.2) is 0 Å². The van der Waals surface area contributed by atoms with Gasteiger partial charge in [-0.25, -0.2) is 0 Å². The minimum Gasteiger partial charge on any atom is -0.299 e. The van der Waals surface area contributed by atoms with E-state index in [0.29, 0.717) is 11.3 Å². The van der Waals surface area contributed by atoms with Gasteiger partial charge in [-0.05, 0) is 30.9 Å². The maximum Gasteiger partial charge on any atom is 0.225 e. The Labute approximate surface area is 76.7 Å². The lowest BCUT2D eigenvalue weighted by molar-refractivity contribution is 0.625. The lowest BCUT2D eigenvalue weighted by atomic mass is 10.3. The van der Waals surface area contributed by atoms with Gasteiger partial charge in [0.1, 0.15) is 5.82 Å². The second kappa shape index (κ2) is 2.73. The van der Waals surface area contributed by atoms with Crippen LogP contribution in [0.3, 0.4) is 0 Å². The van der Waals surface area contributed by atoms with Crippen molar-refractivity contribution in [1.82, 2.24) is 14.8 Å². The summed E-state index contributed by atoms with van der Waals surface area (Å²) in [5.41, 5.74) is 0. The van der Waals surface area contributed by atoms with Gasteiger partial charge in [-0.3, -0.25) is 4.57 Å². The molecule has 2 atom stereocenters. The van der Waals surface area contributed by atoms with Crippen molar-refractivity contribution < 1.29 is 0 Å². The zero-order chi connectivity index (χ0) is 8.72. The SMILES string of the molecule is CCC1CC1n1c(C)nnc1Cl. The minimum atomic E-state index is 0.536. The van der Waals surface area contributed by atoms with Crippen LogP contribution in [0.15, 0.2) is 0 Å². The summed E-state index contributed by atoms with van der Waals surface area (Å²) in [5, 5.41) is 8.29. The molecule has 1 heterocycles. The third-order valence-electron chi connectivity index (χ3n) is 2.57. The molecule has 4 heteroatoms. The van der Waals surface area contributed by atoms with Crippen LogP contribution >= 0.6 is 11.6 Å². The van der Waals surface area contributed by atoms with Gasteiger partial charge in [-0.2, -0.15) is 0 Å². The van der Waals surface area contributed by atoms with Crippen molar-refractivity contribution in [2.24, 2.45) is 5.92 Å². The molecule has 12 heavy (non-hydrogen) atoms. The number of hydrogen-bond donors (Lipinski definition) is 0. The van der Waals surface area contributed by atoms with Crippen LogP contribution in [0.2, 0.25) is 5.28 Å². The number of aryl methyl sites for hydroxylation is 1. The Morgan fingerprint density at radius 2 is 2.33 bits per heavy atom. The maximum atomic E-state index is 5.89. The summed E-state index contributed by atoms with van der Waals surface area (Å²) in [6, 6.07) is 0.567. The van der Waals surface area contributed by atoms with E-state index in [1.54, 1.807) is 0 Å². The first kappa shape index (κ1) is 8.05. The van der Waals surface area contributed by atoms with E-state index in [-0.39, 0.29) is 0 Å². The molecule has 0 aliphatic heterocycles. The molecule has 0 spiro atoms. The van der Waals surface area contributed by atoms with Crippen LogP contribution in [0, 0.1) is 12.8 Å². The quantitative estimate of drug-likeness (QED) is 0.708. The topological polar surface area (TPSA) is 30.7 Å². The van der Waals surface area contributed by atoms with Crippen LogP contribution in [0.4, 0.5) is 0 Å². The van der Waals surface area contributed by atoms with Crippen molar-refractivity contribution in [3.8, 4) is 0 Å². The van der Waals surface area contributed by atoms with Crippen molar-refractivity contribution in [1.29, 1.82) is 0 Å². The number of hydrogen-bond acceptors (Lipinski definition) is 2. The van der Waals surface area contributed by atoms with E-state index in [4.69, 9.17) is 11.6 Å². The normalized spacial score (nSPS) is 27.6. The fourth-order valence-corrected chi connectivity index (χ4v) is 1.99. The largest absolute Gasteiger partial charge is 0.299 e. The van der Waals surface area contributed by atoms with E-state index in [2.05, 4.69) is 17.1 Å². The van der Waals surface area contributed by atoms with Crippen molar-refractivity contribution in [3.05, 3.63) is 11.1 Å². The molecule has 1 fully saturated rings. The standard InChI is InChI=1S/C8H12ClN3/c1-3-6-4-7(6)12-5(2)10-11-8(12)9/h6-7H,3-4H2,1-2H3. The molecular weight excluding hydrogens is 174 g/mol. The average Bonchev–Trinajstić information content (AvgIpc) is 2.74. The van der Waals surface area contributed by atoms with Crippen molar-refractivity contribution >= 4 is 11.6 Å². The summed E-state index contributed by atoms with van der Waals surface area (Å²) in [6.07, 6.45) is 2.45. The Morgan fingerprint density at radius 1 is 1.58 bits per heavy atom. The molecule has 0 aromatic carbocycles. The molecule has 66 valence electrons.